The molecule has 0 saturated heterocycles. The second-order valence-electron chi connectivity index (χ2n) is 5.45. The fraction of sp³-hybridized carbons (Fsp3) is 0.357. The van der Waals surface area contributed by atoms with Crippen LogP contribution in [0.5, 0.6) is 0 Å². The zero-order valence-corrected chi connectivity index (χ0v) is 12.9. The van der Waals surface area contributed by atoms with Crippen LogP contribution in [-0.2, 0) is 16.4 Å². The molecule has 0 atom stereocenters. The van der Waals surface area contributed by atoms with Crippen molar-refractivity contribution in [1.29, 1.82) is 0 Å². The van der Waals surface area contributed by atoms with E-state index in [4.69, 9.17) is 0 Å². The van der Waals surface area contributed by atoms with Crippen LogP contribution in [-0.4, -0.2) is 19.9 Å². The number of sulfonamides is 1. The number of rotatable bonds is 4. The number of nitrogens with zero attached hydrogens (tertiary/aromatic N) is 1. The summed E-state index contributed by atoms with van der Waals surface area (Å²) in [4.78, 5) is 4.67. The maximum absolute atomic E-state index is 12.4. The summed E-state index contributed by atoms with van der Waals surface area (Å²) in [5.41, 5.74) is 3.09. The van der Waals surface area contributed by atoms with Gasteiger partial charge in [-0.1, -0.05) is 0 Å². The van der Waals surface area contributed by atoms with Gasteiger partial charge in [0.1, 0.15) is 0 Å². The van der Waals surface area contributed by atoms with Gasteiger partial charge in [-0.15, -0.1) is 11.3 Å². The quantitative estimate of drug-likeness (QED) is 0.908. The highest BCUT2D eigenvalue weighted by Gasteiger charge is 2.27. The molecule has 7 heteroatoms. The van der Waals surface area contributed by atoms with Gasteiger partial charge in [0.2, 0.25) is 0 Å². The summed E-state index contributed by atoms with van der Waals surface area (Å²) in [6, 6.07) is 5.20. The van der Waals surface area contributed by atoms with Gasteiger partial charge in [-0.25, -0.2) is 13.4 Å². The van der Waals surface area contributed by atoms with E-state index in [0.29, 0.717) is 15.9 Å². The first kappa shape index (κ1) is 13.1. The highest BCUT2D eigenvalue weighted by atomic mass is 32.2. The molecule has 21 heavy (non-hydrogen) atoms. The zero-order valence-electron chi connectivity index (χ0n) is 11.3. The zero-order chi connectivity index (χ0) is 14.4. The molecule has 1 saturated carbocycles. The van der Waals surface area contributed by atoms with Crippen LogP contribution in [0.3, 0.4) is 0 Å². The Morgan fingerprint density at radius 3 is 3.00 bits per heavy atom. The van der Waals surface area contributed by atoms with Crippen LogP contribution in [0.4, 0.5) is 10.8 Å². The lowest BCUT2D eigenvalue weighted by Crippen LogP contribution is -2.13. The van der Waals surface area contributed by atoms with Crippen molar-refractivity contribution in [2.45, 2.75) is 30.1 Å². The fourth-order valence-electron chi connectivity index (χ4n) is 2.52. The summed E-state index contributed by atoms with van der Waals surface area (Å²) in [7, 11) is -3.56. The molecule has 2 heterocycles. The first-order valence-corrected chi connectivity index (χ1v) is 9.33. The molecule has 110 valence electrons. The normalized spacial score (nSPS) is 17.3. The van der Waals surface area contributed by atoms with E-state index in [-0.39, 0.29) is 0 Å². The predicted molar refractivity (Wildman–Crippen MR) is 83.5 cm³/mol. The number of nitrogens with one attached hydrogen (secondary N) is 2. The maximum atomic E-state index is 12.4. The Morgan fingerprint density at radius 2 is 2.19 bits per heavy atom. The van der Waals surface area contributed by atoms with Crippen molar-refractivity contribution in [3.8, 4) is 0 Å². The van der Waals surface area contributed by atoms with Crippen LogP contribution in [0.1, 0.15) is 30.0 Å². The standard InChI is InChI=1S/C14H15N3O2S2/c18-21(19,11-3-4-12-10(7-11)5-6-15-12)17-14-16-13(8-20-14)9-1-2-9/h3-4,7-9,15H,1-2,5-6H2,(H,16,17). The smallest absolute Gasteiger partial charge is 0.263 e. The van der Waals surface area contributed by atoms with E-state index >= 15 is 0 Å². The van der Waals surface area contributed by atoms with Gasteiger partial charge in [0.15, 0.2) is 5.13 Å². The molecular formula is C14H15N3O2S2. The third-order valence-corrected chi connectivity index (χ3v) is 6.08. The molecule has 2 aromatic rings. The summed E-state index contributed by atoms with van der Waals surface area (Å²) in [6.45, 7) is 0.865. The number of aromatic nitrogens is 1. The number of benzene rings is 1. The lowest BCUT2D eigenvalue weighted by Gasteiger charge is -2.07. The monoisotopic (exact) mass is 321 g/mol. The number of fused-ring (bicyclic) bond motifs is 1. The van der Waals surface area contributed by atoms with Crippen LogP contribution in [0, 0.1) is 0 Å². The van der Waals surface area contributed by atoms with Crippen molar-refractivity contribution in [3.05, 3.63) is 34.8 Å². The molecule has 5 nitrogen and oxygen atoms in total. The summed E-state index contributed by atoms with van der Waals surface area (Å²) in [6.07, 6.45) is 3.18. The van der Waals surface area contributed by atoms with Gasteiger partial charge in [-0.3, -0.25) is 4.72 Å². The first-order chi connectivity index (χ1) is 10.1. The Labute approximate surface area is 127 Å². The lowest BCUT2D eigenvalue weighted by molar-refractivity contribution is 0.601. The molecule has 4 rings (SSSR count). The van der Waals surface area contributed by atoms with Crippen LogP contribution in [0.25, 0.3) is 0 Å². The van der Waals surface area contributed by atoms with Gasteiger partial charge in [0.25, 0.3) is 10.0 Å². The van der Waals surface area contributed by atoms with Crippen LogP contribution < -0.4 is 10.0 Å². The molecule has 2 N–H and O–H groups in total. The summed E-state index contributed by atoms with van der Waals surface area (Å²) < 4.78 is 27.5. The molecule has 0 bridgehead atoms. The largest absolute Gasteiger partial charge is 0.384 e. The van der Waals surface area contributed by atoms with Crippen molar-refractivity contribution in [2.75, 3.05) is 16.6 Å². The third-order valence-electron chi connectivity index (χ3n) is 3.84. The number of hydrogen-bond acceptors (Lipinski definition) is 5. The Hall–Kier alpha value is -1.60. The van der Waals surface area contributed by atoms with Crippen molar-refractivity contribution in [1.82, 2.24) is 4.98 Å². The average molecular weight is 321 g/mol. The summed E-state index contributed by atoms with van der Waals surface area (Å²) in [5.74, 6) is 0.533. The maximum Gasteiger partial charge on any atom is 0.263 e. The second-order valence-corrected chi connectivity index (χ2v) is 7.99. The van der Waals surface area contributed by atoms with Gasteiger partial charge >= 0.3 is 0 Å². The molecule has 0 amide bonds. The van der Waals surface area contributed by atoms with Crippen LogP contribution in [0.15, 0.2) is 28.5 Å². The highest BCUT2D eigenvalue weighted by Crippen LogP contribution is 2.41. The van der Waals surface area contributed by atoms with Gasteiger partial charge in [-0.2, -0.15) is 0 Å². The molecule has 2 aliphatic rings. The van der Waals surface area contributed by atoms with Gasteiger partial charge in [0, 0.05) is 23.5 Å². The van der Waals surface area contributed by atoms with Gasteiger partial charge in [-0.05, 0) is 43.0 Å². The van der Waals surface area contributed by atoms with Crippen molar-refractivity contribution >= 4 is 32.2 Å². The summed E-state index contributed by atoms with van der Waals surface area (Å²) in [5, 5.41) is 5.63. The van der Waals surface area contributed by atoms with E-state index in [1.54, 1.807) is 12.1 Å². The molecular weight excluding hydrogens is 306 g/mol. The molecule has 0 unspecified atom stereocenters. The minimum absolute atomic E-state index is 0.299. The van der Waals surface area contributed by atoms with E-state index in [1.807, 2.05) is 11.4 Å². The van der Waals surface area contributed by atoms with E-state index < -0.39 is 10.0 Å². The molecule has 1 fully saturated rings. The summed E-state index contributed by atoms with van der Waals surface area (Å²) >= 11 is 1.35. The average Bonchev–Trinajstić information content (AvgIpc) is 3.02. The topological polar surface area (TPSA) is 71.1 Å². The molecule has 0 spiro atoms. The van der Waals surface area contributed by atoms with Crippen molar-refractivity contribution in [2.24, 2.45) is 0 Å². The van der Waals surface area contributed by atoms with E-state index in [9.17, 15) is 8.42 Å². The SMILES string of the molecule is O=S(=O)(Nc1nc(C2CC2)cs1)c1ccc2c(c1)CCN2. The third kappa shape index (κ3) is 2.51. The van der Waals surface area contributed by atoms with E-state index in [2.05, 4.69) is 15.0 Å². The Kier molecular flexibility index (Phi) is 2.93. The Bertz CT molecular complexity index is 794. The molecule has 1 aliphatic heterocycles. The second kappa shape index (κ2) is 4.71. The molecule has 0 radical (unpaired) electrons. The number of hydrogen-bond donors (Lipinski definition) is 2. The van der Waals surface area contributed by atoms with E-state index in [1.165, 1.54) is 11.3 Å². The van der Waals surface area contributed by atoms with Crippen LogP contribution >= 0.6 is 11.3 Å². The lowest BCUT2D eigenvalue weighted by atomic mass is 10.2. The fourth-order valence-corrected chi connectivity index (χ4v) is 4.62. The number of anilines is 2. The minimum Gasteiger partial charge on any atom is -0.384 e. The van der Waals surface area contributed by atoms with Gasteiger partial charge in [0.05, 0.1) is 10.6 Å². The number of thiazole rings is 1. The van der Waals surface area contributed by atoms with E-state index in [0.717, 1.165) is 42.8 Å². The molecule has 1 aromatic heterocycles. The highest BCUT2D eigenvalue weighted by molar-refractivity contribution is 7.93. The minimum atomic E-state index is -3.56. The first-order valence-electron chi connectivity index (χ1n) is 6.97. The predicted octanol–water partition coefficient (Wildman–Crippen LogP) is 2.79. The van der Waals surface area contributed by atoms with Gasteiger partial charge < -0.3 is 5.32 Å². The van der Waals surface area contributed by atoms with Crippen molar-refractivity contribution in [3.63, 3.8) is 0 Å². The Morgan fingerprint density at radius 1 is 1.33 bits per heavy atom. The molecule has 1 aliphatic carbocycles. The van der Waals surface area contributed by atoms with Crippen LogP contribution in [0.2, 0.25) is 0 Å². The molecule has 1 aromatic carbocycles. The Balaban J connectivity index is 1.60. The van der Waals surface area contributed by atoms with Crippen molar-refractivity contribution < 1.29 is 8.42 Å².